The Morgan fingerprint density at radius 3 is 1.83 bits per heavy atom. The van der Waals surface area contributed by atoms with Gasteiger partial charge in [-0.3, -0.25) is 22.1 Å². The Hall–Kier alpha value is -3.85. The second-order valence-electron chi connectivity index (χ2n) is 7.40. The van der Waals surface area contributed by atoms with Crippen molar-refractivity contribution >= 4 is 21.5 Å². The van der Waals surface area contributed by atoms with Crippen LogP contribution in [-0.2, 0) is 20.1 Å². The van der Waals surface area contributed by atoms with Crippen LogP contribution in [0.4, 0.5) is 0 Å². The Morgan fingerprint density at radius 1 is 0.771 bits per heavy atom. The van der Waals surface area contributed by atoms with Crippen LogP contribution in [0.5, 0.6) is 0 Å². The number of aliphatic hydroxyl groups is 1. The van der Waals surface area contributed by atoms with Gasteiger partial charge in [-0.05, 0) is 33.7 Å². The van der Waals surface area contributed by atoms with Gasteiger partial charge in [-0.2, -0.15) is 6.08 Å². The Morgan fingerprint density at radius 2 is 1.31 bits per heavy atom. The molecule has 2 heterocycles. The second kappa shape index (κ2) is 13.1. The maximum absolute atomic E-state index is 8.06. The average Bonchev–Trinajstić information content (AvgIpc) is 2.91. The smallest absolute Gasteiger partial charge is 0.600 e. The third-order valence-corrected chi connectivity index (χ3v) is 5.20. The first kappa shape index (κ1) is 25.8. The van der Waals surface area contributed by atoms with E-state index in [1.807, 2.05) is 54.9 Å². The first-order valence-electron chi connectivity index (χ1n) is 10.9. The summed E-state index contributed by atoms with van der Waals surface area (Å²) in [6, 6.07) is 30.4. The summed E-state index contributed by atoms with van der Waals surface area (Å²) in [6.45, 7) is 5.03. The first-order chi connectivity index (χ1) is 16.8. The first-order valence-corrected chi connectivity index (χ1v) is 10.9. The molecule has 0 atom stereocenters. The minimum atomic E-state index is 0. The zero-order valence-corrected chi connectivity index (χ0v) is 21.3. The van der Waals surface area contributed by atoms with Crippen LogP contribution in [0.2, 0.25) is 0 Å². The van der Waals surface area contributed by atoms with Crippen LogP contribution in [0.3, 0.4) is 0 Å². The van der Waals surface area contributed by atoms with E-state index in [0.29, 0.717) is 6.42 Å². The van der Waals surface area contributed by atoms with Crippen LogP contribution >= 0.6 is 0 Å². The van der Waals surface area contributed by atoms with Crippen molar-refractivity contribution in [2.45, 2.75) is 6.42 Å². The fourth-order valence-electron chi connectivity index (χ4n) is 3.66. The van der Waals surface area contributed by atoms with Gasteiger partial charge in [0.1, 0.15) is 0 Å². The standard InChI is InChI=1S/C24H15N2.C7H8O.Ir/c1-3-10-21-17(6-1)12-14-25-23(21)19-8-5-9-20(16-19)24-22-11-4-2-7-18(22)13-15-26-24;1-2-3-4-5-6-7-8;/h1-15H;1-2,4,6-8H,3H2;/q-1;-2;+3. The molecule has 3 nitrogen and oxygen atoms in total. The van der Waals surface area contributed by atoms with Crippen molar-refractivity contribution in [3.05, 3.63) is 134 Å². The van der Waals surface area contributed by atoms with Crippen molar-refractivity contribution in [3.8, 4) is 22.5 Å². The van der Waals surface area contributed by atoms with Crippen molar-refractivity contribution in [2.24, 2.45) is 0 Å². The molecule has 0 amide bonds. The summed E-state index contributed by atoms with van der Waals surface area (Å²) in [5.41, 5.74) is 3.86. The molecule has 1 N–H and O–H groups in total. The van der Waals surface area contributed by atoms with E-state index in [4.69, 9.17) is 11.7 Å². The summed E-state index contributed by atoms with van der Waals surface area (Å²) in [4.78, 5) is 9.25. The topological polar surface area (TPSA) is 46.0 Å². The van der Waals surface area contributed by atoms with Crippen molar-refractivity contribution in [1.82, 2.24) is 9.97 Å². The van der Waals surface area contributed by atoms with Crippen LogP contribution in [0.1, 0.15) is 6.42 Å². The third kappa shape index (κ3) is 6.39. The molecule has 4 heteroatoms. The third-order valence-electron chi connectivity index (χ3n) is 5.20. The molecule has 0 fully saturated rings. The molecule has 2 aromatic heterocycles. The van der Waals surface area contributed by atoms with E-state index in [1.54, 1.807) is 6.08 Å². The number of nitrogens with zero attached hydrogens (tertiary/aromatic N) is 2. The molecule has 0 bridgehead atoms. The van der Waals surface area contributed by atoms with E-state index < -0.39 is 0 Å². The van der Waals surface area contributed by atoms with E-state index in [0.717, 1.165) is 39.5 Å². The molecule has 0 aliphatic heterocycles. The van der Waals surface area contributed by atoms with Gasteiger partial charge in [0, 0.05) is 23.8 Å². The van der Waals surface area contributed by atoms with Gasteiger partial charge in [0.05, 0.1) is 0 Å². The SMILES string of the molecule is [CH-]=CCC=[C-]C=CO.[Ir+3].[c-]1c(-c2nccc3ccccc23)cccc1-c1nccc2ccccc12. The van der Waals surface area contributed by atoms with Gasteiger partial charge < -0.3 is 11.7 Å². The number of pyridine rings is 2. The number of fused-ring (bicyclic) bond motifs is 2. The van der Waals surface area contributed by atoms with Crippen LogP contribution in [0.15, 0.2) is 116 Å². The van der Waals surface area contributed by atoms with Crippen LogP contribution < -0.4 is 0 Å². The Balaban J connectivity index is 0.000000332. The van der Waals surface area contributed by atoms with E-state index in [1.165, 1.54) is 22.9 Å². The molecule has 3 aromatic carbocycles. The molecule has 5 aromatic rings. The zero-order chi connectivity index (χ0) is 23.6. The van der Waals surface area contributed by atoms with E-state index in [9.17, 15) is 0 Å². The Bertz CT molecular complexity index is 1370. The zero-order valence-electron chi connectivity index (χ0n) is 18.9. The van der Waals surface area contributed by atoms with Crippen LogP contribution in [-0.4, -0.2) is 15.1 Å². The van der Waals surface area contributed by atoms with E-state index in [-0.39, 0.29) is 20.1 Å². The predicted octanol–water partition coefficient (Wildman–Crippen LogP) is 7.71. The maximum atomic E-state index is 8.06. The van der Waals surface area contributed by atoms with Crippen molar-refractivity contribution < 1.29 is 25.2 Å². The van der Waals surface area contributed by atoms with Crippen molar-refractivity contribution in [3.63, 3.8) is 0 Å². The average molecular weight is 632 g/mol. The molecule has 0 unspecified atom stereocenters. The molecule has 0 spiro atoms. The molecule has 0 aliphatic carbocycles. The Kier molecular flexibility index (Phi) is 9.68. The molecule has 5 rings (SSSR count). The number of aliphatic hydroxyl groups excluding tert-OH is 1. The molecule has 0 saturated carbocycles. The van der Waals surface area contributed by atoms with Gasteiger partial charge in [-0.15, -0.1) is 24.3 Å². The minimum Gasteiger partial charge on any atom is -0.600 e. The summed E-state index contributed by atoms with van der Waals surface area (Å²) in [6.07, 6.45) is 12.6. The normalized spacial score (nSPS) is 10.7. The van der Waals surface area contributed by atoms with E-state index in [2.05, 4.69) is 58.5 Å². The summed E-state index contributed by atoms with van der Waals surface area (Å²) in [7, 11) is 0. The monoisotopic (exact) mass is 632 g/mol. The predicted molar refractivity (Wildman–Crippen MR) is 140 cm³/mol. The summed E-state index contributed by atoms with van der Waals surface area (Å²) in [5, 5.41) is 12.7. The molecule has 0 saturated heterocycles. The second-order valence-corrected chi connectivity index (χ2v) is 7.40. The minimum absolute atomic E-state index is 0. The van der Waals surface area contributed by atoms with Crippen molar-refractivity contribution in [2.75, 3.05) is 0 Å². The van der Waals surface area contributed by atoms with Gasteiger partial charge in [-0.1, -0.05) is 72.3 Å². The largest absolute Gasteiger partial charge is 3.00 e. The summed E-state index contributed by atoms with van der Waals surface area (Å²) in [5.74, 6) is 0. The molecular formula is C31H23IrN2O. The maximum Gasteiger partial charge on any atom is 3.00 e. The van der Waals surface area contributed by atoms with Gasteiger partial charge in [0.25, 0.3) is 0 Å². The van der Waals surface area contributed by atoms with Gasteiger partial charge in [0.2, 0.25) is 0 Å². The Labute approximate surface area is 219 Å². The quantitative estimate of drug-likeness (QED) is 0.123. The van der Waals surface area contributed by atoms with Crippen LogP contribution in [0, 0.1) is 18.7 Å². The van der Waals surface area contributed by atoms with Gasteiger partial charge >= 0.3 is 20.1 Å². The number of aromatic nitrogens is 2. The number of hydrogen-bond acceptors (Lipinski definition) is 3. The number of benzene rings is 3. The number of allylic oxidation sites excluding steroid dienone is 4. The van der Waals surface area contributed by atoms with Crippen molar-refractivity contribution in [1.29, 1.82) is 0 Å². The number of hydrogen-bond donors (Lipinski definition) is 1. The molecule has 172 valence electrons. The summed E-state index contributed by atoms with van der Waals surface area (Å²) < 4.78 is 0. The summed E-state index contributed by atoms with van der Waals surface area (Å²) >= 11 is 0. The number of rotatable bonds is 5. The van der Waals surface area contributed by atoms with Gasteiger partial charge in [0.15, 0.2) is 0 Å². The molecule has 0 aliphatic rings. The van der Waals surface area contributed by atoms with E-state index >= 15 is 0 Å². The van der Waals surface area contributed by atoms with Gasteiger partial charge in [-0.25, -0.2) is 6.08 Å². The molecule has 0 radical (unpaired) electrons. The fourth-order valence-corrected chi connectivity index (χ4v) is 3.66. The van der Waals surface area contributed by atoms with Crippen LogP contribution in [0.25, 0.3) is 44.1 Å². The molecular weight excluding hydrogens is 609 g/mol. The fraction of sp³-hybridized carbons (Fsp3) is 0.0323. The molecule has 35 heavy (non-hydrogen) atoms.